The lowest BCUT2D eigenvalue weighted by atomic mass is 10.4. The van der Waals surface area contributed by atoms with Crippen LogP contribution in [0, 0.1) is 0 Å². The summed E-state index contributed by atoms with van der Waals surface area (Å²) >= 11 is 1.69. The molecule has 1 rings (SSSR count). The Morgan fingerprint density at radius 2 is 2.00 bits per heavy atom. The van der Waals surface area contributed by atoms with Crippen molar-refractivity contribution in [2.45, 2.75) is 33.7 Å². The van der Waals surface area contributed by atoms with Gasteiger partial charge >= 0.3 is 0 Å². The van der Waals surface area contributed by atoms with Gasteiger partial charge in [-0.2, -0.15) is 0 Å². The van der Waals surface area contributed by atoms with Gasteiger partial charge in [-0.1, -0.05) is 6.92 Å². The molecular weight excluding hydrogens is 274 g/mol. The van der Waals surface area contributed by atoms with Gasteiger partial charge in [0.15, 0.2) is 5.96 Å². The molecule has 0 aliphatic heterocycles. The first-order valence-corrected chi connectivity index (χ1v) is 7.73. The molecule has 6 nitrogen and oxygen atoms in total. The van der Waals surface area contributed by atoms with E-state index in [2.05, 4.69) is 32.9 Å². The van der Waals surface area contributed by atoms with Gasteiger partial charge in [0, 0.05) is 24.2 Å². The van der Waals surface area contributed by atoms with Gasteiger partial charge in [-0.3, -0.25) is 4.79 Å². The molecule has 20 heavy (non-hydrogen) atoms. The number of hydrogen-bond donors (Lipinski definition) is 3. The van der Waals surface area contributed by atoms with Gasteiger partial charge in [-0.25, -0.2) is 9.98 Å². The molecule has 0 aliphatic rings. The summed E-state index contributed by atoms with van der Waals surface area (Å²) in [6.07, 6.45) is 2.91. The molecule has 1 aromatic rings. The van der Waals surface area contributed by atoms with E-state index in [1.165, 1.54) is 4.88 Å². The summed E-state index contributed by atoms with van der Waals surface area (Å²) in [5, 5.41) is 10.0. The van der Waals surface area contributed by atoms with Gasteiger partial charge in [-0.15, -0.1) is 11.3 Å². The SMILES string of the molecule is CCNC(=O)CN=C(NCC)NCc1ncc(CC)s1. The van der Waals surface area contributed by atoms with Crippen molar-refractivity contribution in [3.8, 4) is 0 Å². The Hall–Kier alpha value is -1.63. The lowest BCUT2D eigenvalue weighted by Crippen LogP contribution is -2.38. The first kappa shape index (κ1) is 16.4. The van der Waals surface area contributed by atoms with E-state index >= 15 is 0 Å². The molecule has 0 saturated heterocycles. The van der Waals surface area contributed by atoms with Crippen LogP contribution >= 0.6 is 11.3 Å². The van der Waals surface area contributed by atoms with Crippen LogP contribution in [0.3, 0.4) is 0 Å². The van der Waals surface area contributed by atoms with Crippen molar-refractivity contribution < 1.29 is 4.79 Å². The Labute approximate surface area is 124 Å². The molecule has 0 spiro atoms. The lowest BCUT2D eigenvalue weighted by molar-refractivity contribution is -0.119. The summed E-state index contributed by atoms with van der Waals surface area (Å²) in [6, 6.07) is 0. The molecular formula is C13H23N5OS. The molecule has 1 amide bonds. The van der Waals surface area contributed by atoms with Crippen molar-refractivity contribution in [2.75, 3.05) is 19.6 Å². The highest BCUT2D eigenvalue weighted by molar-refractivity contribution is 7.11. The average Bonchev–Trinajstić information content (AvgIpc) is 2.90. The number of guanidine groups is 1. The number of carbonyl (C=O) groups excluding carboxylic acids is 1. The van der Waals surface area contributed by atoms with Crippen LogP contribution in [0.25, 0.3) is 0 Å². The van der Waals surface area contributed by atoms with Crippen molar-refractivity contribution in [1.29, 1.82) is 0 Å². The summed E-state index contributed by atoms with van der Waals surface area (Å²) in [7, 11) is 0. The van der Waals surface area contributed by atoms with Crippen LogP contribution in [0.4, 0.5) is 0 Å². The predicted octanol–water partition coefficient (Wildman–Crippen LogP) is 0.897. The maximum Gasteiger partial charge on any atom is 0.241 e. The number of aryl methyl sites for hydroxylation is 1. The van der Waals surface area contributed by atoms with E-state index in [-0.39, 0.29) is 12.5 Å². The zero-order valence-electron chi connectivity index (χ0n) is 12.3. The second-order valence-corrected chi connectivity index (χ2v) is 5.28. The van der Waals surface area contributed by atoms with Crippen molar-refractivity contribution in [3.05, 3.63) is 16.1 Å². The zero-order chi connectivity index (χ0) is 14.8. The van der Waals surface area contributed by atoms with Gasteiger partial charge in [-0.05, 0) is 20.3 Å². The van der Waals surface area contributed by atoms with Gasteiger partial charge in [0.25, 0.3) is 0 Å². The highest BCUT2D eigenvalue weighted by Crippen LogP contribution is 2.12. The van der Waals surface area contributed by atoms with E-state index in [4.69, 9.17) is 0 Å². The third-order valence-electron chi connectivity index (χ3n) is 2.46. The van der Waals surface area contributed by atoms with E-state index < -0.39 is 0 Å². The summed E-state index contributed by atoms with van der Waals surface area (Å²) in [6.45, 7) is 8.10. The predicted molar refractivity (Wildman–Crippen MR) is 83.0 cm³/mol. The fourth-order valence-corrected chi connectivity index (χ4v) is 2.30. The lowest BCUT2D eigenvalue weighted by Gasteiger charge is -2.09. The average molecular weight is 297 g/mol. The smallest absolute Gasteiger partial charge is 0.241 e. The molecule has 112 valence electrons. The highest BCUT2D eigenvalue weighted by Gasteiger charge is 2.03. The van der Waals surface area contributed by atoms with Crippen LogP contribution in [0.5, 0.6) is 0 Å². The highest BCUT2D eigenvalue weighted by atomic mass is 32.1. The molecule has 0 saturated carbocycles. The molecule has 0 radical (unpaired) electrons. The Balaban J connectivity index is 2.49. The van der Waals surface area contributed by atoms with Crippen LogP contribution in [-0.2, 0) is 17.8 Å². The minimum absolute atomic E-state index is 0.0766. The molecule has 7 heteroatoms. The second-order valence-electron chi connectivity index (χ2n) is 4.08. The molecule has 0 aliphatic carbocycles. The number of aliphatic imine (C=N–C) groups is 1. The van der Waals surface area contributed by atoms with Crippen molar-refractivity contribution in [2.24, 2.45) is 4.99 Å². The number of thiazole rings is 1. The Morgan fingerprint density at radius 1 is 1.25 bits per heavy atom. The number of rotatable bonds is 7. The first-order chi connectivity index (χ1) is 9.69. The van der Waals surface area contributed by atoms with E-state index in [9.17, 15) is 4.79 Å². The number of likely N-dealkylation sites (N-methyl/N-ethyl adjacent to an activating group) is 1. The minimum atomic E-state index is -0.0766. The van der Waals surface area contributed by atoms with E-state index in [1.807, 2.05) is 20.0 Å². The molecule has 1 heterocycles. The molecule has 1 aromatic heterocycles. The summed E-state index contributed by atoms with van der Waals surface area (Å²) in [5.74, 6) is 0.555. The maximum absolute atomic E-state index is 11.4. The van der Waals surface area contributed by atoms with Gasteiger partial charge < -0.3 is 16.0 Å². The van der Waals surface area contributed by atoms with Crippen molar-refractivity contribution >= 4 is 23.2 Å². The normalized spacial score (nSPS) is 11.2. The maximum atomic E-state index is 11.4. The second kappa shape index (κ2) is 9.30. The van der Waals surface area contributed by atoms with Crippen molar-refractivity contribution in [1.82, 2.24) is 20.9 Å². The third-order valence-corrected chi connectivity index (χ3v) is 3.60. The Kier molecular flexibility index (Phi) is 7.64. The van der Waals surface area contributed by atoms with E-state index in [0.717, 1.165) is 18.0 Å². The topological polar surface area (TPSA) is 78.4 Å². The molecule has 0 unspecified atom stereocenters. The Bertz CT molecular complexity index is 444. The third kappa shape index (κ3) is 6.01. The molecule has 3 N–H and O–H groups in total. The largest absolute Gasteiger partial charge is 0.357 e. The van der Waals surface area contributed by atoms with Crippen LogP contribution in [-0.4, -0.2) is 36.5 Å². The number of carbonyl (C=O) groups is 1. The zero-order valence-corrected chi connectivity index (χ0v) is 13.1. The van der Waals surface area contributed by atoms with Gasteiger partial charge in [0.2, 0.25) is 5.91 Å². The molecule has 0 aromatic carbocycles. The molecule has 0 bridgehead atoms. The van der Waals surface area contributed by atoms with E-state index in [1.54, 1.807) is 11.3 Å². The molecule has 0 atom stereocenters. The molecule has 0 fully saturated rings. The van der Waals surface area contributed by atoms with Crippen LogP contribution in [0.15, 0.2) is 11.2 Å². The van der Waals surface area contributed by atoms with Crippen LogP contribution in [0.2, 0.25) is 0 Å². The standard InChI is InChI=1S/C13H23N5OS/c1-4-10-7-16-12(20-10)9-18-13(15-6-3)17-8-11(19)14-5-2/h7H,4-6,8-9H2,1-3H3,(H,14,19)(H2,15,17,18). The summed E-state index contributed by atoms with van der Waals surface area (Å²) < 4.78 is 0. The fraction of sp³-hybridized carbons (Fsp3) is 0.615. The van der Waals surface area contributed by atoms with Gasteiger partial charge in [0.05, 0.1) is 6.54 Å². The van der Waals surface area contributed by atoms with Gasteiger partial charge in [0.1, 0.15) is 11.6 Å². The quantitative estimate of drug-likeness (QED) is 0.516. The number of aromatic nitrogens is 1. The van der Waals surface area contributed by atoms with E-state index in [0.29, 0.717) is 19.0 Å². The number of nitrogens with zero attached hydrogens (tertiary/aromatic N) is 2. The van der Waals surface area contributed by atoms with Crippen LogP contribution in [0.1, 0.15) is 30.7 Å². The first-order valence-electron chi connectivity index (χ1n) is 6.92. The number of amides is 1. The summed E-state index contributed by atoms with van der Waals surface area (Å²) in [5.41, 5.74) is 0. The van der Waals surface area contributed by atoms with Crippen molar-refractivity contribution in [3.63, 3.8) is 0 Å². The fourth-order valence-electron chi connectivity index (χ4n) is 1.50. The number of nitrogens with one attached hydrogen (secondary N) is 3. The minimum Gasteiger partial charge on any atom is -0.357 e. The monoisotopic (exact) mass is 297 g/mol. The van der Waals surface area contributed by atoms with Crippen LogP contribution < -0.4 is 16.0 Å². The summed E-state index contributed by atoms with van der Waals surface area (Å²) in [4.78, 5) is 21.2. The Morgan fingerprint density at radius 3 is 2.60 bits per heavy atom. The number of hydrogen-bond acceptors (Lipinski definition) is 4.